The summed E-state index contributed by atoms with van der Waals surface area (Å²) in [7, 11) is -3.04. The van der Waals surface area contributed by atoms with Crippen LogP contribution in [0.3, 0.4) is 0 Å². The highest BCUT2D eigenvalue weighted by atomic mass is 32.2. The summed E-state index contributed by atoms with van der Waals surface area (Å²) < 4.78 is 36.9. The number of nitrogens with zero attached hydrogens (tertiary/aromatic N) is 1. The third-order valence-corrected chi connectivity index (χ3v) is 5.92. The van der Waals surface area contributed by atoms with Crippen LogP contribution in [0, 0.1) is 5.82 Å². The topological polar surface area (TPSA) is 37.4 Å². The number of likely N-dealkylation sites (tertiary alicyclic amines) is 1. The van der Waals surface area contributed by atoms with Gasteiger partial charge in [0.05, 0.1) is 5.25 Å². The molecule has 0 radical (unpaired) electrons. The Morgan fingerprint density at radius 1 is 1.19 bits per heavy atom. The number of rotatable bonds is 2. The monoisotopic (exact) mass is 313 g/mol. The Morgan fingerprint density at radius 3 is 2.24 bits per heavy atom. The van der Waals surface area contributed by atoms with Gasteiger partial charge in [0, 0.05) is 24.4 Å². The van der Waals surface area contributed by atoms with Crippen LogP contribution in [0.15, 0.2) is 24.3 Å². The molecule has 2 atom stereocenters. The Kier molecular flexibility index (Phi) is 4.45. The van der Waals surface area contributed by atoms with E-state index >= 15 is 0 Å². The van der Waals surface area contributed by atoms with Crippen molar-refractivity contribution in [3.05, 3.63) is 35.6 Å². The van der Waals surface area contributed by atoms with Gasteiger partial charge in [0.15, 0.2) is 0 Å². The Hall–Kier alpha value is -0.940. The molecular formula is C16H24FNO2S. The van der Waals surface area contributed by atoms with E-state index in [1.54, 1.807) is 12.1 Å². The van der Waals surface area contributed by atoms with Crippen molar-refractivity contribution in [3.63, 3.8) is 0 Å². The molecule has 0 unspecified atom stereocenters. The van der Waals surface area contributed by atoms with Crippen LogP contribution in [0.1, 0.15) is 45.2 Å². The first-order valence-electron chi connectivity index (χ1n) is 7.30. The van der Waals surface area contributed by atoms with Crippen molar-refractivity contribution >= 4 is 9.84 Å². The highest BCUT2D eigenvalue weighted by Crippen LogP contribution is 2.38. The fraction of sp³-hybridized carbons (Fsp3) is 0.625. The van der Waals surface area contributed by atoms with Crippen molar-refractivity contribution in [2.24, 2.45) is 0 Å². The average Bonchev–Trinajstić information content (AvgIpc) is 2.37. The van der Waals surface area contributed by atoms with Crippen LogP contribution < -0.4 is 0 Å². The Labute approximate surface area is 127 Å². The van der Waals surface area contributed by atoms with E-state index in [1.165, 1.54) is 18.4 Å². The largest absolute Gasteiger partial charge is 0.291 e. The first-order valence-corrected chi connectivity index (χ1v) is 9.25. The molecular weight excluding hydrogens is 289 g/mol. The smallest absolute Gasteiger partial charge is 0.150 e. The maximum atomic E-state index is 13.1. The van der Waals surface area contributed by atoms with Gasteiger partial charge in [-0.2, -0.15) is 0 Å². The molecule has 0 N–H and O–H groups in total. The van der Waals surface area contributed by atoms with Crippen molar-refractivity contribution in [1.82, 2.24) is 4.90 Å². The molecule has 118 valence electrons. The number of benzene rings is 1. The molecule has 21 heavy (non-hydrogen) atoms. The highest BCUT2D eigenvalue weighted by molar-refractivity contribution is 7.91. The summed E-state index contributed by atoms with van der Waals surface area (Å²) >= 11 is 0. The second kappa shape index (κ2) is 5.69. The summed E-state index contributed by atoms with van der Waals surface area (Å²) in [5.41, 5.74) is 0.932. The van der Waals surface area contributed by atoms with Gasteiger partial charge >= 0.3 is 0 Å². The normalized spacial score (nSPS) is 25.0. The van der Waals surface area contributed by atoms with Crippen LogP contribution in [-0.4, -0.2) is 36.9 Å². The van der Waals surface area contributed by atoms with E-state index in [1.807, 2.05) is 0 Å². The summed E-state index contributed by atoms with van der Waals surface area (Å²) in [4.78, 5) is 2.32. The van der Waals surface area contributed by atoms with Gasteiger partial charge in [0.1, 0.15) is 15.7 Å². The summed E-state index contributed by atoms with van der Waals surface area (Å²) in [5, 5.41) is -0.314. The van der Waals surface area contributed by atoms with Gasteiger partial charge in [-0.25, -0.2) is 12.8 Å². The molecule has 2 rings (SSSR count). The molecule has 3 nitrogen and oxygen atoms in total. The predicted molar refractivity (Wildman–Crippen MR) is 83.5 cm³/mol. The van der Waals surface area contributed by atoms with Crippen molar-refractivity contribution < 1.29 is 12.8 Å². The predicted octanol–water partition coefficient (Wildman–Crippen LogP) is 3.17. The second-order valence-electron chi connectivity index (χ2n) is 6.91. The van der Waals surface area contributed by atoms with Gasteiger partial charge < -0.3 is 0 Å². The molecule has 1 heterocycles. The molecule has 0 amide bonds. The van der Waals surface area contributed by atoms with Crippen LogP contribution in [0.2, 0.25) is 0 Å². The quantitative estimate of drug-likeness (QED) is 0.841. The van der Waals surface area contributed by atoms with Gasteiger partial charge in [-0.05, 0) is 51.3 Å². The lowest BCUT2D eigenvalue weighted by molar-refractivity contribution is 0.0522. The molecule has 0 bridgehead atoms. The van der Waals surface area contributed by atoms with Crippen molar-refractivity contribution in [2.45, 2.75) is 50.4 Å². The van der Waals surface area contributed by atoms with E-state index in [4.69, 9.17) is 0 Å². The van der Waals surface area contributed by atoms with Gasteiger partial charge in [-0.15, -0.1) is 0 Å². The Bertz CT molecular complexity index is 590. The van der Waals surface area contributed by atoms with Crippen LogP contribution in [0.5, 0.6) is 0 Å². The zero-order valence-corrected chi connectivity index (χ0v) is 14.0. The van der Waals surface area contributed by atoms with Crippen molar-refractivity contribution in [3.8, 4) is 0 Å². The molecule has 0 spiro atoms. The van der Waals surface area contributed by atoms with Gasteiger partial charge in [0.2, 0.25) is 0 Å². The molecule has 0 aromatic heterocycles. The minimum Gasteiger partial charge on any atom is -0.291 e. The zero-order chi connectivity index (χ0) is 15.8. The SMILES string of the molecule is CC(C)(C)N1CC[C@H](S(C)(=O)=O)C[C@@H]1c1ccc(F)cc1. The van der Waals surface area contributed by atoms with Crippen LogP contribution in [-0.2, 0) is 9.84 Å². The number of halogens is 1. The number of piperidine rings is 1. The second-order valence-corrected chi connectivity index (χ2v) is 9.23. The average molecular weight is 313 g/mol. The van der Waals surface area contributed by atoms with Crippen LogP contribution in [0.4, 0.5) is 4.39 Å². The third-order valence-electron chi connectivity index (χ3n) is 4.28. The highest BCUT2D eigenvalue weighted by Gasteiger charge is 2.38. The minimum atomic E-state index is -3.04. The standard InChI is InChI=1S/C16H24FNO2S/c1-16(2,3)18-10-9-14(21(4,19)20)11-15(18)12-5-7-13(17)8-6-12/h5-8,14-15H,9-11H2,1-4H3/t14-,15+/m0/s1. The minimum absolute atomic E-state index is 0.0130. The maximum absolute atomic E-state index is 13.1. The Balaban J connectivity index is 2.35. The van der Waals surface area contributed by atoms with E-state index in [-0.39, 0.29) is 22.6 Å². The van der Waals surface area contributed by atoms with E-state index in [2.05, 4.69) is 25.7 Å². The lowest BCUT2D eigenvalue weighted by Gasteiger charge is -2.46. The fourth-order valence-electron chi connectivity index (χ4n) is 3.13. The molecule has 1 aromatic carbocycles. The first kappa shape index (κ1) is 16.4. The number of sulfone groups is 1. The van der Waals surface area contributed by atoms with Gasteiger partial charge in [0.25, 0.3) is 0 Å². The molecule has 1 aliphatic rings. The van der Waals surface area contributed by atoms with Crippen LogP contribution in [0.25, 0.3) is 0 Å². The molecule has 0 saturated carbocycles. The summed E-state index contributed by atoms with van der Waals surface area (Å²) in [6.07, 6.45) is 2.54. The first-order chi connectivity index (χ1) is 9.59. The van der Waals surface area contributed by atoms with E-state index in [0.29, 0.717) is 12.8 Å². The van der Waals surface area contributed by atoms with E-state index in [9.17, 15) is 12.8 Å². The zero-order valence-electron chi connectivity index (χ0n) is 13.1. The van der Waals surface area contributed by atoms with E-state index < -0.39 is 9.84 Å². The molecule has 1 aliphatic heterocycles. The third kappa shape index (κ3) is 3.83. The molecule has 5 heteroatoms. The maximum Gasteiger partial charge on any atom is 0.150 e. The lowest BCUT2D eigenvalue weighted by atomic mass is 9.90. The summed E-state index contributed by atoms with van der Waals surface area (Å²) in [6.45, 7) is 7.13. The molecule has 1 fully saturated rings. The van der Waals surface area contributed by atoms with Crippen LogP contribution >= 0.6 is 0 Å². The summed E-state index contributed by atoms with van der Waals surface area (Å²) in [6, 6.07) is 6.44. The number of hydrogen-bond acceptors (Lipinski definition) is 3. The molecule has 0 aliphatic carbocycles. The van der Waals surface area contributed by atoms with Gasteiger partial charge in [-0.3, -0.25) is 4.90 Å². The van der Waals surface area contributed by atoms with Crippen molar-refractivity contribution in [1.29, 1.82) is 0 Å². The van der Waals surface area contributed by atoms with Crippen molar-refractivity contribution in [2.75, 3.05) is 12.8 Å². The fourth-order valence-corrected chi connectivity index (χ4v) is 4.19. The lowest BCUT2D eigenvalue weighted by Crippen LogP contribution is -2.50. The summed E-state index contributed by atoms with van der Waals surface area (Å²) in [5.74, 6) is -0.267. The number of hydrogen-bond donors (Lipinski definition) is 0. The molecule has 1 saturated heterocycles. The van der Waals surface area contributed by atoms with E-state index in [0.717, 1.165) is 12.1 Å². The van der Waals surface area contributed by atoms with Gasteiger partial charge in [-0.1, -0.05) is 12.1 Å². The Morgan fingerprint density at radius 2 is 1.76 bits per heavy atom. The molecule has 1 aromatic rings.